The summed E-state index contributed by atoms with van der Waals surface area (Å²) < 4.78 is 3.07. The van der Waals surface area contributed by atoms with Crippen LogP contribution in [-0.2, 0) is 6.54 Å². The first kappa shape index (κ1) is 18.9. The van der Waals surface area contributed by atoms with Crippen molar-refractivity contribution in [1.29, 1.82) is 0 Å². The summed E-state index contributed by atoms with van der Waals surface area (Å²) in [6.45, 7) is 2.94. The molecule has 2 fully saturated rings. The normalized spacial score (nSPS) is 23.0. The van der Waals surface area contributed by atoms with Gasteiger partial charge in [-0.15, -0.1) is 21.5 Å². The quantitative estimate of drug-likeness (QED) is 0.524. The monoisotopic (exact) mass is 431 g/mol. The van der Waals surface area contributed by atoms with Crippen LogP contribution in [0.2, 0.25) is 0 Å². The highest BCUT2D eigenvalue weighted by molar-refractivity contribution is 7.17. The number of fused-ring (bicyclic) bond motifs is 3. The number of hydrogen-bond acceptors (Lipinski definition) is 7. The Balaban J connectivity index is 1.34. The van der Waals surface area contributed by atoms with Gasteiger partial charge in [-0.25, -0.2) is 4.98 Å². The molecule has 5 heterocycles. The Hall–Kier alpha value is -2.84. The van der Waals surface area contributed by atoms with Crippen molar-refractivity contribution in [3.8, 4) is 22.4 Å². The fourth-order valence-corrected chi connectivity index (χ4v) is 6.10. The summed E-state index contributed by atoms with van der Waals surface area (Å²) in [7, 11) is 0. The van der Waals surface area contributed by atoms with Crippen LogP contribution >= 0.6 is 11.3 Å². The Kier molecular flexibility index (Phi) is 4.50. The van der Waals surface area contributed by atoms with Crippen molar-refractivity contribution in [1.82, 2.24) is 25.0 Å². The number of aryl methyl sites for hydroxylation is 1. The van der Waals surface area contributed by atoms with Gasteiger partial charge in [-0.05, 0) is 44.7 Å². The molecule has 2 saturated heterocycles. The average molecular weight is 432 g/mol. The number of aromatic nitrogens is 5. The smallest absolute Gasteiger partial charge is 0.151 e. The number of rotatable bonds is 4. The average Bonchev–Trinajstić information content (AvgIpc) is 3.52. The molecular weight excluding hydrogens is 406 g/mol. The lowest BCUT2D eigenvalue weighted by Crippen LogP contribution is -2.47. The van der Waals surface area contributed by atoms with E-state index in [-0.39, 0.29) is 0 Å². The summed E-state index contributed by atoms with van der Waals surface area (Å²) in [4.78, 5) is 7.11. The van der Waals surface area contributed by atoms with Crippen LogP contribution in [0.1, 0.15) is 32.6 Å². The van der Waals surface area contributed by atoms with Gasteiger partial charge in [0.2, 0.25) is 0 Å². The van der Waals surface area contributed by atoms with E-state index in [0.29, 0.717) is 18.1 Å². The predicted molar refractivity (Wildman–Crippen MR) is 124 cm³/mol. The lowest BCUT2D eigenvalue weighted by molar-refractivity contribution is 0.411. The largest absolute Gasteiger partial charge is 0.349 e. The van der Waals surface area contributed by atoms with Gasteiger partial charge in [0.25, 0.3) is 0 Å². The SMILES string of the molecule is CCn1cc(-c2ccc(-c3ccc(N4C5CCC4CC(N)C5)nn3)c3scnc23)cn1. The Morgan fingerprint density at radius 3 is 2.58 bits per heavy atom. The third kappa shape index (κ3) is 3.13. The van der Waals surface area contributed by atoms with E-state index in [1.807, 2.05) is 16.4 Å². The van der Waals surface area contributed by atoms with E-state index >= 15 is 0 Å². The molecule has 2 aliphatic rings. The fourth-order valence-electron chi connectivity index (χ4n) is 5.26. The molecule has 31 heavy (non-hydrogen) atoms. The predicted octanol–water partition coefficient (Wildman–Crippen LogP) is 4.10. The van der Waals surface area contributed by atoms with Crippen molar-refractivity contribution in [2.75, 3.05) is 4.90 Å². The molecule has 6 rings (SSSR count). The topological polar surface area (TPSA) is 85.8 Å². The number of hydrogen-bond donors (Lipinski definition) is 1. The summed E-state index contributed by atoms with van der Waals surface area (Å²) in [6, 6.07) is 9.80. The summed E-state index contributed by atoms with van der Waals surface area (Å²) >= 11 is 1.64. The first-order valence-electron chi connectivity index (χ1n) is 11.0. The number of nitrogens with zero attached hydrogens (tertiary/aromatic N) is 6. The van der Waals surface area contributed by atoms with E-state index in [1.165, 1.54) is 12.8 Å². The van der Waals surface area contributed by atoms with E-state index in [0.717, 1.165) is 57.8 Å². The maximum Gasteiger partial charge on any atom is 0.151 e. The second kappa shape index (κ2) is 7.39. The molecule has 0 radical (unpaired) electrons. The van der Waals surface area contributed by atoms with Gasteiger partial charge in [-0.3, -0.25) is 4.68 Å². The van der Waals surface area contributed by atoms with Gasteiger partial charge in [0.15, 0.2) is 5.82 Å². The molecule has 2 N–H and O–H groups in total. The number of anilines is 1. The van der Waals surface area contributed by atoms with Crippen LogP contribution in [0.15, 0.2) is 42.2 Å². The van der Waals surface area contributed by atoms with Crippen molar-refractivity contribution in [2.45, 2.75) is 57.3 Å². The minimum Gasteiger partial charge on any atom is -0.349 e. The molecule has 2 unspecified atom stereocenters. The molecule has 158 valence electrons. The molecule has 2 atom stereocenters. The van der Waals surface area contributed by atoms with Crippen LogP contribution in [0.5, 0.6) is 0 Å². The molecule has 7 nitrogen and oxygen atoms in total. The van der Waals surface area contributed by atoms with Crippen LogP contribution < -0.4 is 10.6 Å². The molecule has 2 aliphatic heterocycles. The Morgan fingerprint density at radius 1 is 1.06 bits per heavy atom. The van der Waals surface area contributed by atoms with Gasteiger partial charge in [0.05, 0.1) is 27.6 Å². The van der Waals surface area contributed by atoms with Gasteiger partial charge < -0.3 is 10.6 Å². The van der Waals surface area contributed by atoms with E-state index in [9.17, 15) is 0 Å². The van der Waals surface area contributed by atoms with E-state index in [4.69, 9.17) is 5.73 Å². The second-order valence-electron chi connectivity index (χ2n) is 8.58. The Bertz CT molecular complexity index is 1210. The second-order valence-corrected chi connectivity index (χ2v) is 9.43. The van der Waals surface area contributed by atoms with Crippen LogP contribution in [-0.4, -0.2) is 43.1 Å². The maximum atomic E-state index is 6.23. The van der Waals surface area contributed by atoms with E-state index in [1.54, 1.807) is 11.3 Å². The van der Waals surface area contributed by atoms with Crippen LogP contribution in [0.3, 0.4) is 0 Å². The highest BCUT2D eigenvalue weighted by atomic mass is 32.1. The molecule has 0 saturated carbocycles. The van der Waals surface area contributed by atoms with Crippen LogP contribution in [0, 0.1) is 0 Å². The maximum absolute atomic E-state index is 6.23. The zero-order valence-corrected chi connectivity index (χ0v) is 18.3. The standard InChI is InChI=1S/C23H25N7S/c1-2-29-12-14(11-26-29)18-5-6-19(23-22(18)25-13-31-23)20-7-8-21(28-27-20)30-16-3-4-17(30)10-15(24)9-16/h5-8,11-13,15-17H,2-4,9-10,24H2,1H3. The molecule has 0 spiro atoms. The number of benzene rings is 1. The molecule has 0 aliphatic carbocycles. The minimum absolute atomic E-state index is 0.323. The minimum atomic E-state index is 0.323. The molecule has 2 bridgehead atoms. The van der Waals surface area contributed by atoms with Crippen LogP contribution in [0.4, 0.5) is 5.82 Å². The first-order chi connectivity index (χ1) is 15.2. The zero-order chi connectivity index (χ0) is 20.9. The van der Waals surface area contributed by atoms with E-state index in [2.05, 4.69) is 62.6 Å². The molecule has 1 aromatic carbocycles. The highest BCUT2D eigenvalue weighted by Gasteiger charge is 2.40. The van der Waals surface area contributed by atoms with Gasteiger partial charge >= 0.3 is 0 Å². The Labute approximate surface area is 184 Å². The number of piperidine rings is 1. The molecule has 0 amide bonds. The first-order valence-corrected chi connectivity index (χ1v) is 11.9. The molecule has 4 aromatic rings. The lowest BCUT2D eigenvalue weighted by Gasteiger charge is -2.38. The number of nitrogens with two attached hydrogens (primary N) is 1. The highest BCUT2D eigenvalue weighted by Crippen LogP contribution is 2.39. The van der Waals surface area contributed by atoms with Gasteiger partial charge in [-0.2, -0.15) is 5.10 Å². The van der Waals surface area contributed by atoms with E-state index < -0.39 is 0 Å². The summed E-state index contributed by atoms with van der Waals surface area (Å²) in [5, 5.41) is 13.7. The van der Waals surface area contributed by atoms with Gasteiger partial charge in [-0.1, -0.05) is 12.1 Å². The van der Waals surface area contributed by atoms with Crippen molar-refractivity contribution < 1.29 is 0 Å². The Morgan fingerprint density at radius 2 is 1.87 bits per heavy atom. The van der Waals surface area contributed by atoms with Crippen molar-refractivity contribution in [2.24, 2.45) is 5.73 Å². The molecular formula is C23H25N7S. The fraction of sp³-hybridized carbons (Fsp3) is 0.391. The number of thiazole rings is 1. The van der Waals surface area contributed by atoms with Crippen molar-refractivity contribution in [3.63, 3.8) is 0 Å². The lowest BCUT2D eigenvalue weighted by atomic mass is 9.98. The third-order valence-corrected chi connectivity index (χ3v) is 7.57. The molecule has 3 aromatic heterocycles. The zero-order valence-electron chi connectivity index (χ0n) is 17.5. The third-order valence-electron chi connectivity index (χ3n) is 6.71. The van der Waals surface area contributed by atoms with Crippen LogP contribution in [0.25, 0.3) is 32.6 Å². The summed E-state index contributed by atoms with van der Waals surface area (Å²) in [5.41, 5.74) is 13.3. The van der Waals surface area contributed by atoms with Gasteiger partial charge in [0.1, 0.15) is 0 Å². The molecule has 8 heteroatoms. The van der Waals surface area contributed by atoms with Gasteiger partial charge in [0, 0.05) is 47.6 Å². The summed E-state index contributed by atoms with van der Waals surface area (Å²) in [6.07, 6.45) is 8.50. The summed E-state index contributed by atoms with van der Waals surface area (Å²) in [5.74, 6) is 0.979. The van der Waals surface area contributed by atoms with Crippen molar-refractivity contribution in [3.05, 3.63) is 42.2 Å². The van der Waals surface area contributed by atoms with Crippen molar-refractivity contribution >= 4 is 27.4 Å².